The minimum Gasteiger partial charge on any atom is -0.364 e. The molecular weight excluding hydrogens is 320 g/mol. The second-order valence-corrected chi connectivity index (χ2v) is 7.53. The van der Waals surface area contributed by atoms with Crippen LogP contribution in [0.3, 0.4) is 0 Å². The molecule has 0 bridgehead atoms. The van der Waals surface area contributed by atoms with Gasteiger partial charge in [0.2, 0.25) is 5.91 Å². The minimum atomic E-state index is -0.0486. The van der Waals surface area contributed by atoms with Gasteiger partial charge in [-0.1, -0.05) is 5.16 Å². The number of hydrogen-bond donors (Lipinski definition) is 1. The lowest BCUT2D eigenvalue weighted by Crippen LogP contribution is -2.51. The molecule has 1 saturated carbocycles. The van der Waals surface area contributed by atoms with Crippen LogP contribution in [-0.4, -0.2) is 65.0 Å². The van der Waals surface area contributed by atoms with Gasteiger partial charge in [0.05, 0.1) is 5.92 Å². The first kappa shape index (κ1) is 16.6. The van der Waals surface area contributed by atoms with Crippen molar-refractivity contribution in [3.63, 3.8) is 0 Å². The van der Waals surface area contributed by atoms with Gasteiger partial charge in [-0.3, -0.25) is 14.5 Å². The molecule has 2 saturated heterocycles. The van der Waals surface area contributed by atoms with Crippen LogP contribution in [0.5, 0.6) is 0 Å². The van der Waals surface area contributed by atoms with E-state index < -0.39 is 0 Å². The van der Waals surface area contributed by atoms with Crippen LogP contribution >= 0.6 is 0 Å². The fourth-order valence-electron chi connectivity index (χ4n) is 4.02. The van der Waals surface area contributed by atoms with Crippen LogP contribution in [0.25, 0.3) is 0 Å². The molecule has 7 nitrogen and oxygen atoms in total. The van der Waals surface area contributed by atoms with Crippen LogP contribution < -0.4 is 5.32 Å². The van der Waals surface area contributed by atoms with E-state index in [2.05, 4.69) is 15.4 Å². The molecular formula is C18H26N4O3. The van der Waals surface area contributed by atoms with Gasteiger partial charge in [0.1, 0.15) is 6.26 Å². The molecule has 1 aliphatic carbocycles. The Hall–Kier alpha value is -1.89. The first-order valence-corrected chi connectivity index (χ1v) is 9.45. The van der Waals surface area contributed by atoms with Gasteiger partial charge in [0.15, 0.2) is 5.69 Å². The SMILES string of the molecule is O=C(NC1CC1)[C@@H]1CCCN(C2CCN(C(=O)c3ccon3)CC2)C1. The molecule has 25 heavy (non-hydrogen) atoms. The molecule has 1 atom stereocenters. The molecule has 0 aromatic carbocycles. The monoisotopic (exact) mass is 346 g/mol. The summed E-state index contributed by atoms with van der Waals surface area (Å²) >= 11 is 0. The van der Waals surface area contributed by atoms with E-state index in [1.165, 1.54) is 6.26 Å². The number of piperidine rings is 2. The molecule has 3 aliphatic rings. The Balaban J connectivity index is 1.28. The number of aromatic nitrogens is 1. The van der Waals surface area contributed by atoms with Crippen molar-refractivity contribution < 1.29 is 14.1 Å². The summed E-state index contributed by atoms with van der Waals surface area (Å²) in [6, 6.07) is 2.52. The Bertz CT molecular complexity index is 606. The van der Waals surface area contributed by atoms with E-state index in [9.17, 15) is 9.59 Å². The molecule has 7 heteroatoms. The number of carbonyl (C=O) groups is 2. The van der Waals surface area contributed by atoms with Crippen molar-refractivity contribution in [3.05, 3.63) is 18.0 Å². The van der Waals surface area contributed by atoms with E-state index in [0.717, 1.165) is 64.7 Å². The lowest BCUT2D eigenvalue weighted by atomic mass is 9.93. The largest absolute Gasteiger partial charge is 0.364 e. The summed E-state index contributed by atoms with van der Waals surface area (Å²) in [5.74, 6) is 0.322. The second-order valence-electron chi connectivity index (χ2n) is 7.53. The Kier molecular flexibility index (Phi) is 4.74. The zero-order valence-corrected chi connectivity index (χ0v) is 14.5. The molecule has 1 N–H and O–H groups in total. The summed E-state index contributed by atoms with van der Waals surface area (Å²) < 4.78 is 4.77. The molecule has 136 valence electrons. The number of carbonyl (C=O) groups excluding carboxylic acids is 2. The molecule has 1 aromatic rings. The lowest BCUT2D eigenvalue weighted by molar-refractivity contribution is -0.127. The maximum absolute atomic E-state index is 12.3. The summed E-state index contributed by atoms with van der Waals surface area (Å²) in [6.07, 6.45) is 7.71. The second kappa shape index (κ2) is 7.15. The van der Waals surface area contributed by atoms with Gasteiger partial charge in [0, 0.05) is 37.8 Å². The van der Waals surface area contributed by atoms with Gasteiger partial charge in [-0.25, -0.2) is 0 Å². The zero-order valence-electron chi connectivity index (χ0n) is 14.5. The van der Waals surface area contributed by atoms with Crippen molar-refractivity contribution in [3.8, 4) is 0 Å². The molecule has 0 radical (unpaired) electrons. The average molecular weight is 346 g/mol. The van der Waals surface area contributed by atoms with E-state index >= 15 is 0 Å². The molecule has 0 unspecified atom stereocenters. The maximum atomic E-state index is 12.3. The average Bonchev–Trinajstić information content (AvgIpc) is 3.30. The topological polar surface area (TPSA) is 78.7 Å². The first-order valence-electron chi connectivity index (χ1n) is 9.45. The van der Waals surface area contributed by atoms with Gasteiger partial charge in [-0.2, -0.15) is 0 Å². The third kappa shape index (κ3) is 3.86. The van der Waals surface area contributed by atoms with Crippen LogP contribution in [0, 0.1) is 5.92 Å². The van der Waals surface area contributed by atoms with Crippen molar-refractivity contribution in [2.75, 3.05) is 26.2 Å². The van der Waals surface area contributed by atoms with E-state index in [1.807, 2.05) is 4.90 Å². The van der Waals surface area contributed by atoms with Crippen molar-refractivity contribution >= 4 is 11.8 Å². The summed E-state index contributed by atoms with van der Waals surface area (Å²) in [6.45, 7) is 3.41. The molecule has 4 rings (SSSR count). The molecule has 3 heterocycles. The van der Waals surface area contributed by atoms with Crippen LogP contribution in [0.1, 0.15) is 49.0 Å². The van der Waals surface area contributed by atoms with Gasteiger partial charge in [-0.15, -0.1) is 0 Å². The summed E-state index contributed by atoms with van der Waals surface area (Å²) in [4.78, 5) is 29.0. The summed E-state index contributed by atoms with van der Waals surface area (Å²) in [7, 11) is 0. The van der Waals surface area contributed by atoms with Crippen molar-refractivity contribution in [2.24, 2.45) is 5.92 Å². The molecule has 2 aliphatic heterocycles. The third-order valence-electron chi connectivity index (χ3n) is 5.67. The fraction of sp³-hybridized carbons (Fsp3) is 0.722. The number of likely N-dealkylation sites (tertiary alicyclic amines) is 2. The molecule has 0 spiro atoms. The van der Waals surface area contributed by atoms with Crippen molar-refractivity contribution in [1.82, 2.24) is 20.3 Å². The van der Waals surface area contributed by atoms with Crippen LogP contribution in [-0.2, 0) is 4.79 Å². The van der Waals surface area contributed by atoms with Gasteiger partial charge in [0.25, 0.3) is 5.91 Å². The first-order chi connectivity index (χ1) is 12.2. The molecule has 2 amide bonds. The van der Waals surface area contributed by atoms with Crippen molar-refractivity contribution in [2.45, 2.75) is 50.6 Å². The molecule has 3 fully saturated rings. The van der Waals surface area contributed by atoms with E-state index in [-0.39, 0.29) is 17.7 Å². The summed E-state index contributed by atoms with van der Waals surface area (Å²) in [5.41, 5.74) is 0.383. The number of hydrogen-bond acceptors (Lipinski definition) is 5. The lowest BCUT2D eigenvalue weighted by Gasteiger charge is -2.41. The van der Waals surface area contributed by atoms with Crippen LogP contribution in [0.2, 0.25) is 0 Å². The Morgan fingerprint density at radius 3 is 2.60 bits per heavy atom. The number of nitrogens with zero attached hydrogens (tertiary/aromatic N) is 3. The van der Waals surface area contributed by atoms with Gasteiger partial charge >= 0.3 is 0 Å². The highest BCUT2D eigenvalue weighted by Gasteiger charge is 2.34. The number of nitrogens with one attached hydrogen (secondary N) is 1. The van der Waals surface area contributed by atoms with Crippen LogP contribution in [0.15, 0.2) is 16.9 Å². The quantitative estimate of drug-likeness (QED) is 0.888. The highest BCUT2D eigenvalue weighted by atomic mass is 16.5. The fourth-order valence-corrected chi connectivity index (χ4v) is 4.02. The number of rotatable bonds is 4. The van der Waals surface area contributed by atoms with Gasteiger partial charge in [-0.05, 0) is 45.1 Å². The number of amides is 2. The minimum absolute atomic E-state index is 0.0486. The molecule has 1 aromatic heterocycles. The summed E-state index contributed by atoms with van der Waals surface area (Å²) in [5, 5.41) is 6.89. The van der Waals surface area contributed by atoms with Crippen LogP contribution in [0.4, 0.5) is 0 Å². The Labute approximate surface area is 147 Å². The predicted octanol–water partition coefficient (Wildman–Crippen LogP) is 1.27. The smallest absolute Gasteiger partial charge is 0.276 e. The van der Waals surface area contributed by atoms with E-state index in [1.54, 1.807) is 6.07 Å². The predicted molar refractivity (Wildman–Crippen MR) is 90.9 cm³/mol. The maximum Gasteiger partial charge on any atom is 0.276 e. The highest BCUT2D eigenvalue weighted by molar-refractivity contribution is 5.92. The zero-order chi connectivity index (χ0) is 17.2. The Morgan fingerprint density at radius 1 is 1.12 bits per heavy atom. The van der Waals surface area contributed by atoms with Gasteiger partial charge < -0.3 is 14.7 Å². The standard InChI is InChI=1S/C18H26N4O3/c23-17(19-14-3-4-14)13-2-1-8-22(12-13)15-5-9-21(10-6-15)18(24)16-7-11-25-20-16/h7,11,13-15H,1-6,8-10,12H2,(H,19,23)/t13-/m1/s1. The van der Waals surface area contributed by atoms with E-state index in [0.29, 0.717) is 17.8 Å². The normalized spacial score (nSPS) is 25.8. The highest BCUT2D eigenvalue weighted by Crippen LogP contribution is 2.26. The Morgan fingerprint density at radius 2 is 1.92 bits per heavy atom. The van der Waals surface area contributed by atoms with Crippen molar-refractivity contribution in [1.29, 1.82) is 0 Å². The third-order valence-corrected chi connectivity index (χ3v) is 5.67. The van der Waals surface area contributed by atoms with E-state index in [4.69, 9.17) is 4.52 Å².